The first kappa shape index (κ1) is 14.1. The monoisotopic (exact) mass is 281 g/mol. The number of sulfone groups is 1. The molecular weight excluding hydrogens is 262 g/mol. The number of hydrogen-bond acceptors (Lipinski definition) is 3. The lowest BCUT2D eigenvalue weighted by molar-refractivity contribution is 0.0947. The zero-order valence-electron chi connectivity index (χ0n) is 11.3. The van der Waals surface area contributed by atoms with Crippen molar-refractivity contribution in [2.45, 2.75) is 20.3 Å². The highest BCUT2D eigenvalue weighted by Gasteiger charge is 2.28. The molecule has 19 heavy (non-hydrogen) atoms. The van der Waals surface area contributed by atoms with E-state index in [1.54, 1.807) is 0 Å². The highest BCUT2D eigenvalue weighted by atomic mass is 32.2. The van der Waals surface area contributed by atoms with Gasteiger partial charge in [0.25, 0.3) is 5.91 Å². The van der Waals surface area contributed by atoms with Gasteiger partial charge in [-0.05, 0) is 37.8 Å². The van der Waals surface area contributed by atoms with Crippen LogP contribution in [0, 0.1) is 19.8 Å². The van der Waals surface area contributed by atoms with Crippen molar-refractivity contribution in [3.8, 4) is 0 Å². The Hall–Kier alpha value is -1.36. The lowest BCUT2D eigenvalue weighted by atomic mass is 10.0. The fourth-order valence-electron chi connectivity index (χ4n) is 2.35. The van der Waals surface area contributed by atoms with Crippen LogP contribution in [0.25, 0.3) is 0 Å². The third-order valence-electron chi connectivity index (χ3n) is 3.52. The normalized spacial score (nSPS) is 21.3. The molecule has 0 unspecified atom stereocenters. The molecule has 4 nitrogen and oxygen atoms in total. The summed E-state index contributed by atoms with van der Waals surface area (Å²) in [6.07, 6.45) is 0.648. The van der Waals surface area contributed by atoms with Crippen LogP contribution in [0.2, 0.25) is 0 Å². The molecule has 1 aliphatic rings. The van der Waals surface area contributed by atoms with Gasteiger partial charge in [-0.15, -0.1) is 0 Å². The summed E-state index contributed by atoms with van der Waals surface area (Å²) in [5.41, 5.74) is 2.64. The SMILES string of the molecule is Cc1ccc(C)c(C(=O)NC[C@@H]2CCS(=O)(=O)C2)c1. The summed E-state index contributed by atoms with van der Waals surface area (Å²) in [7, 11) is -2.87. The molecule has 1 saturated heterocycles. The second-order valence-corrected chi connectivity index (χ2v) is 7.53. The molecule has 1 atom stereocenters. The van der Waals surface area contributed by atoms with Gasteiger partial charge in [-0.1, -0.05) is 17.7 Å². The molecule has 2 rings (SSSR count). The molecule has 0 spiro atoms. The largest absolute Gasteiger partial charge is 0.352 e. The molecule has 0 aliphatic carbocycles. The Morgan fingerprint density at radius 1 is 1.37 bits per heavy atom. The summed E-state index contributed by atoms with van der Waals surface area (Å²) in [5.74, 6) is 0.376. The number of benzene rings is 1. The van der Waals surface area contributed by atoms with Gasteiger partial charge in [0.05, 0.1) is 11.5 Å². The molecule has 1 fully saturated rings. The summed E-state index contributed by atoms with van der Waals surface area (Å²) >= 11 is 0. The molecule has 0 aromatic heterocycles. The molecule has 0 saturated carbocycles. The molecule has 0 radical (unpaired) electrons. The zero-order chi connectivity index (χ0) is 14.0. The Bertz CT molecular complexity index is 593. The maximum Gasteiger partial charge on any atom is 0.251 e. The van der Waals surface area contributed by atoms with E-state index in [2.05, 4.69) is 5.32 Å². The molecule has 1 N–H and O–H groups in total. The van der Waals surface area contributed by atoms with Gasteiger partial charge in [-0.3, -0.25) is 4.79 Å². The first-order chi connectivity index (χ1) is 8.87. The van der Waals surface area contributed by atoms with Crippen LogP contribution in [0.4, 0.5) is 0 Å². The van der Waals surface area contributed by atoms with Gasteiger partial charge in [0.1, 0.15) is 0 Å². The van der Waals surface area contributed by atoms with E-state index < -0.39 is 9.84 Å². The van der Waals surface area contributed by atoms with Crippen LogP contribution in [0.15, 0.2) is 18.2 Å². The first-order valence-electron chi connectivity index (χ1n) is 6.43. The molecular formula is C14H19NO3S. The summed E-state index contributed by atoms with van der Waals surface area (Å²) in [4.78, 5) is 12.1. The number of amides is 1. The van der Waals surface area contributed by atoms with Crippen LogP contribution < -0.4 is 5.32 Å². The van der Waals surface area contributed by atoms with E-state index in [0.717, 1.165) is 11.1 Å². The van der Waals surface area contributed by atoms with Crippen molar-refractivity contribution >= 4 is 15.7 Å². The van der Waals surface area contributed by atoms with Gasteiger partial charge < -0.3 is 5.32 Å². The fourth-order valence-corrected chi connectivity index (χ4v) is 4.21. The molecule has 1 amide bonds. The van der Waals surface area contributed by atoms with Crippen LogP contribution in [0.3, 0.4) is 0 Å². The topological polar surface area (TPSA) is 63.2 Å². The molecule has 1 heterocycles. The summed E-state index contributed by atoms with van der Waals surface area (Å²) in [6.45, 7) is 4.28. The highest BCUT2D eigenvalue weighted by molar-refractivity contribution is 7.91. The third kappa shape index (κ3) is 3.56. The maximum absolute atomic E-state index is 12.1. The average Bonchev–Trinajstić information content (AvgIpc) is 2.69. The van der Waals surface area contributed by atoms with Crippen molar-refractivity contribution in [3.63, 3.8) is 0 Å². The van der Waals surface area contributed by atoms with E-state index in [9.17, 15) is 13.2 Å². The lowest BCUT2D eigenvalue weighted by Crippen LogP contribution is -2.30. The van der Waals surface area contributed by atoms with Crippen molar-refractivity contribution in [1.82, 2.24) is 5.32 Å². The zero-order valence-corrected chi connectivity index (χ0v) is 12.1. The summed E-state index contributed by atoms with van der Waals surface area (Å²) in [6, 6.07) is 5.75. The number of rotatable bonds is 3. The van der Waals surface area contributed by atoms with E-state index in [1.165, 1.54) is 0 Å². The smallest absolute Gasteiger partial charge is 0.251 e. The number of nitrogens with one attached hydrogen (secondary N) is 1. The number of hydrogen-bond donors (Lipinski definition) is 1. The lowest BCUT2D eigenvalue weighted by Gasteiger charge is -2.11. The maximum atomic E-state index is 12.1. The van der Waals surface area contributed by atoms with E-state index in [1.807, 2.05) is 32.0 Å². The van der Waals surface area contributed by atoms with Crippen LogP contribution in [0.1, 0.15) is 27.9 Å². The Balaban J connectivity index is 1.97. The number of carbonyl (C=O) groups is 1. The molecule has 104 valence electrons. The predicted molar refractivity (Wildman–Crippen MR) is 75.0 cm³/mol. The van der Waals surface area contributed by atoms with Crippen LogP contribution >= 0.6 is 0 Å². The van der Waals surface area contributed by atoms with Crippen molar-refractivity contribution in [2.75, 3.05) is 18.1 Å². The Labute approximate surface area is 114 Å². The molecule has 1 aromatic carbocycles. The van der Waals surface area contributed by atoms with Gasteiger partial charge in [-0.2, -0.15) is 0 Å². The van der Waals surface area contributed by atoms with Crippen molar-refractivity contribution < 1.29 is 13.2 Å². The minimum atomic E-state index is -2.87. The van der Waals surface area contributed by atoms with Gasteiger partial charge in [0, 0.05) is 12.1 Å². The van der Waals surface area contributed by atoms with Gasteiger partial charge in [0.15, 0.2) is 9.84 Å². The van der Waals surface area contributed by atoms with E-state index >= 15 is 0 Å². The van der Waals surface area contributed by atoms with Crippen LogP contribution in [0.5, 0.6) is 0 Å². The van der Waals surface area contributed by atoms with Gasteiger partial charge >= 0.3 is 0 Å². The Kier molecular flexibility index (Phi) is 3.94. The standard InChI is InChI=1S/C14H19NO3S/c1-10-3-4-11(2)13(7-10)14(16)15-8-12-5-6-19(17,18)9-12/h3-4,7,12H,5-6,8-9H2,1-2H3,(H,15,16)/t12-/m0/s1. The fraction of sp³-hybridized carbons (Fsp3) is 0.500. The minimum Gasteiger partial charge on any atom is -0.352 e. The van der Waals surface area contributed by atoms with E-state index in [0.29, 0.717) is 18.5 Å². The Morgan fingerprint density at radius 3 is 2.74 bits per heavy atom. The quantitative estimate of drug-likeness (QED) is 0.912. The van der Waals surface area contributed by atoms with E-state index in [4.69, 9.17) is 0 Å². The van der Waals surface area contributed by atoms with Gasteiger partial charge in [0.2, 0.25) is 0 Å². The Morgan fingerprint density at radius 2 is 2.11 bits per heavy atom. The van der Waals surface area contributed by atoms with Gasteiger partial charge in [-0.25, -0.2) is 8.42 Å². The van der Waals surface area contributed by atoms with Crippen LogP contribution in [-0.2, 0) is 9.84 Å². The summed E-state index contributed by atoms with van der Waals surface area (Å²) in [5, 5.41) is 2.84. The average molecular weight is 281 g/mol. The van der Waals surface area contributed by atoms with Crippen LogP contribution in [-0.4, -0.2) is 32.4 Å². The molecule has 1 aliphatic heterocycles. The number of carbonyl (C=O) groups excluding carboxylic acids is 1. The summed E-state index contributed by atoms with van der Waals surface area (Å²) < 4.78 is 22.7. The predicted octanol–water partition coefficient (Wildman–Crippen LogP) is 1.47. The van der Waals surface area contributed by atoms with Crippen molar-refractivity contribution in [2.24, 2.45) is 5.92 Å². The van der Waals surface area contributed by atoms with Crippen molar-refractivity contribution in [1.29, 1.82) is 0 Å². The number of aryl methyl sites for hydroxylation is 2. The minimum absolute atomic E-state index is 0.0547. The third-order valence-corrected chi connectivity index (χ3v) is 5.35. The first-order valence-corrected chi connectivity index (χ1v) is 8.25. The molecule has 5 heteroatoms. The second-order valence-electron chi connectivity index (χ2n) is 5.30. The molecule has 0 bridgehead atoms. The molecule has 1 aromatic rings. The highest BCUT2D eigenvalue weighted by Crippen LogP contribution is 2.18. The van der Waals surface area contributed by atoms with E-state index in [-0.39, 0.29) is 23.3 Å². The van der Waals surface area contributed by atoms with Crippen molar-refractivity contribution in [3.05, 3.63) is 34.9 Å². The second kappa shape index (κ2) is 5.33.